The van der Waals surface area contributed by atoms with E-state index in [0.29, 0.717) is 0 Å². The minimum absolute atomic E-state index is 0.192. The van der Waals surface area contributed by atoms with Crippen LogP contribution in [0.15, 0.2) is 405 Å². The topological polar surface area (TPSA) is 19.6 Å². The molecule has 0 saturated heterocycles. The fourth-order valence-electron chi connectivity index (χ4n) is 26.5. The lowest BCUT2D eigenvalue weighted by molar-refractivity contribution is -0.0399. The van der Waals surface area contributed by atoms with Crippen LogP contribution in [0.4, 0.5) is 34.1 Å². The van der Waals surface area contributed by atoms with E-state index in [1.54, 1.807) is 22.3 Å². The van der Waals surface area contributed by atoms with Crippen LogP contribution >= 0.6 is 11.3 Å². The van der Waals surface area contributed by atoms with Gasteiger partial charge in [0.2, 0.25) is 0 Å². The van der Waals surface area contributed by atoms with Gasteiger partial charge in [-0.05, 0) is 331 Å². The third kappa shape index (κ3) is 11.8. The van der Waals surface area contributed by atoms with Crippen molar-refractivity contribution in [2.45, 2.75) is 75.0 Å². The summed E-state index contributed by atoms with van der Waals surface area (Å²) in [5.74, 6) is 6.92. The first-order chi connectivity index (χ1) is 62.3. The number of para-hydroxylation sites is 2. The second-order valence-electron chi connectivity index (χ2n) is 37.8. The normalized spacial score (nSPS) is 21.6. The van der Waals surface area contributed by atoms with Gasteiger partial charge in [0.05, 0.1) is 0 Å². The molecule has 8 bridgehead atoms. The first-order valence-corrected chi connectivity index (χ1v) is 46.9. The number of fused-ring (bicyclic) bond motifs is 12. The fourth-order valence-corrected chi connectivity index (χ4v) is 27.6. The highest BCUT2D eigenvalue weighted by Crippen LogP contribution is 2.72. The molecular weight excluding hydrogens is 1540 g/mol. The predicted octanol–water partition coefficient (Wildman–Crippen LogP) is 33.7. The summed E-state index contributed by atoms with van der Waals surface area (Å²) in [4.78, 5) is 4.71. The van der Waals surface area contributed by atoms with Crippen LogP contribution in [0, 0.1) is 47.3 Å². The second-order valence-corrected chi connectivity index (χ2v) is 38.9. The van der Waals surface area contributed by atoms with E-state index in [2.05, 4.69) is 398 Å². The first kappa shape index (κ1) is 73.8. The second kappa shape index (κ2) is 29.5. The summed E-state index contributed by atoms with van der Waals surface area (Å²) in [6.45, 7) is 0. The van der Waals surface area contributed by atoms with E-state index in [-0.39, 0.29) is 10.8 Å². The maximum atomic E-state index is 6.23. The average Bonchev–Trinajstić information content (AvgIpc) is 1.51. The molecule has 4 heteroatoms. The Balaban J connectivity index is 0.000000135. The summed E-state index contributed by atoms with van der Waals surface area (Å²) in [5.41, 5.74) is 39.0. The zero-order valence-corrected chi connectivity index (χ0v) is 71.3. The quantitative estimate of drug-likeness (QED) is 0.115. The SMILES string of the molecule is c1ccc(-c2ccc(N(c3ccc(-c4ccc(-c5ccc(-c6cccc7c6-c6ccccc6C76C7CC8CC(C7)CC6C8)cc5)cc4)cc3)c3ccc4oc5ccccc5c4c3)cc2)cc1.c1ccc(N(c2ccc(-c3ccc(-c4ccc(-c5cccc6c5-c5ccccc5C65C6CC7CC(C6)CC5C7)cc4)cc3)cc2)c2ccc3sc4ccccc4c3c2)cc1. The van der Waals surface area contributed by atoms with Crippen molar-refractivity contribution in [3.05, 3.63) is 423 Å². The van der Waals surface area contributed by atoms with Crippen molar-refractivity contribution in [2.75, 3.05) is 9.80 Å². The van der Waals surface area contributed by atoms with Gasteiger partial charge in [0.1, 0.15) is 11.2 Å². The molecule has 2 aromatic heterocycles. The van der Waals surface area contributed by atoms with Gasteiger partial charge in [0.25, 0.3) is 0 Å². The van der Waals surface area contributed by atoms with Crippen LogP contribution in [-0.2, 0) is 10.8 Å². The largest absolute Gasteiger partial charge is 0.456 e. The summed E-state index contributed by atoms with van der Waals surface area (Å²) in [5, 5.41) is 4.86. The molecule has 19 aromatic rings. The molecule has 29 rings (SSSR count). The van der Waals surface area contributed by atoms with Gasteiger partial charge in [-0.2, -0.15) is 0 Å². The number of anilines is 6. The number of benzene rings is 17. The van der Waals surface area contributed by atoms with Crippen LogP contribution in [0.5, 0.6) is 0 Å². The smallest absolute Gasteiger partial charge is 0.135 e. The number of hydrogen-bond donors (Lipinski definition) is 0. The van der Waals surface area contributed by atoms with Crippen molar-refractivity contribution in [2.24, 2.45) is 47.3 Å². The van der Waals surface area contributed by atoms with Crippen LogP contribution in [0.1, 0.15) is 86.5 Å². The Morgan fingerprint density at radius 2 is 0.508 bits per heavy atom. The van der Waals surface area contributed by atoms with Gasteiger partial charge in [0, 0.05) is 75.9 Å². The highest BCUT2D eigenvalue weighted by Gasteiger charge is 2.63. The highest BCUT2D eigenvalue weighted by atomic mass is 32.1. The summed E-state index contributed by atoms with van der Waals surface area (Å²) < 4.78 is 8.87. The monoisotopic (exact) mass is 1630 g/mol. The van der Waals surface area contributed by atoms with Gasteiger partial charge in [-0.3, -0.25) is 0 Å². The maximum absolute atomic E-state index is 6.23. The van der Waals surface area contributed by atoms with Crippen LogP contribution in [0.3, 0.4) is 0 Å². The molecule has 10 aliphatic rings. The Morgan fingerprint density at radius 1 is 0.206 bits per heavy atom. The van der Waals surface area contributed by atoms with Gasteiger partial charge in [-0.15, -0.1) is 11.3 Å². The van der Waals surface area contributed by atoms with Crippen molar-refractivity contribution < 1.29 is 4.42 Å². The zero-order valence-electron chi connectivity index (χ0n) is 70.5. The van der Waals surface area contributed by atoms with Gasteiger partial charge in [0.15, 0.2) is 0 Å². The minimum Gasteiger partial charge on any atom is -0.456 e. The van der Waals surface area contributed by atoms with Gasteiger partial charge in [-0.25, -0.2) is 0 Å². The molecule has 0 N–H and O–H groups in total. The standard InChI is InChI=1S/C64H49NO.C58H45NS/c1-2-9-43(10-3-1)47-25-29-52(30-26-47)65(54-33-34-62-58(40-54)56-11-5-7-16-61(56)66-62)53-31-27-48(28-32-53)45-19-17-44(18-20-45)46-21-23-49(24-22-46)55-13-8-15-60-63(55)57-12-4-6-14-59(57)64(60)50-36-41-35-42(38-50)39-51(64)37-41;1-2-9-46(10-3-1)59(48-29-30-56-52(36-48)50-11-5-7-16-55(50)60-56)47-27-25-42(26-28-47)40-19-17-39(18-20-40)41-21-23-43(24-22-41)49-13-8-15-54-57(49)51-12-4-6-14-53(51)58(54)44-32-37-31-38(34-44)35-45(58)33-37/h1-34,40-42,50-51H,35-39H2;1-30,36-38,44-45H,31-35H2. The van der Waals surface area contributed by atoms with Crippen molar-refractivity contribution in [3.63, 3.8) is 0 Å². The molecule has 17 aromatic carbocycles. The van der Waals surface area contributed by atoms with E-state index >= 15 is 0 Å². The number of furan rings is 1. The Labute approximate surface area is 741 Å². The maximum Gasteiger partial charge on any atom is 0.135 e. The van der Waals surface area contributed by atoms with E-state index in [1.807, 2.05) is 23.5 Å². The van der Waals surface area contributed by atoms with Crippen molar-refractivity contribution in [1.82, 2.24) is 0 Å². The molecule has 0 atom stereocenters. The first-order valence-electron chi connectivity index (χ1n) is 46.1. The van der Waals surface area contributed by atoms with E-state index in [4.69, 9.17) is 4.42 Å². The van der Waals surface area contributed by atoms with Gasteiger partial charge in [-0.1, -0.05) is 303 Å². The van der Waals surface area contributed by atoms with Crippen molar-refractivity contribution in [1.29, 1.82) is 0 Å². The Kier molecular flexibility index (Phi) is 17.3. The third-order valence-corrected chi connectivity index (χ3v) is 32.5. The summed E-state index contributed by atoms with van der Waals surface area (Å²) >= 11 is 1.86. The molecule has 126 heavy (non-hydrogen) atoms. The molecule has 8 saturated carbocycles. The summed E-state index contributed by atoms with van der Waals surface area (Å²) in [6, 6.07) is 149. The Bertz CT molecular complexity index is 7370. The third-order valence-electron chi connectivity index (χ3n) is 31.4. The lowest BCUT2D eigenvalue weighted by Gasteiger charge is -2.61. The molecule has 3 nitrogen and oxygen atoms in total. The van der Waals surface area contributed by atoms with E-state index in [0.717, 1.165) is 103 Å². The summed E-state index contributed by atoms with van der Waals surface area (Å²) in [7, 11) is 0. The molecular formula is C122H94N2OS. The van der Waals surface area contributed by atoms with E-state index < -0.39 is 0 Å². The Morgan fingerprint density at radius 3 is 0.952 bits per heavy atom. The lowest BCUT2D eigenvalue weighted by atomic mass is 9.43. The molecule has 0 amide bonds. The van der Waals surface area contributed by atoms with Crippen molar-refractivity contribution >= 4 is 87.6 Å². The molecule has 0 aliphatic heterocycles. The number of nitrogens with zero attached hydrogens (tertiary/aromatic N) is 2. The molecule has 2 heterocycles. The molecule has 604 valence electrons. The molecule has 2 spiro atoms. The molecule has 10 aliphatic carbocycles. The van der Waals surface area contributed by atoms with Crippen molar-refractivity contribution in [3.8, 4) is 100 Å². The predicted molar refractivity (Wildman–Crippen MR) is 527 cm³/mol. The number of hydrogen-bond acceptors (Lipinski definition) is 4. The average molecular weight is 1640 g/mol. The van der Waals surface area contributed by atoms with E-state index in [1.165, 1.54) is 185 Å². The highest BCUT2D eigenvalue weighted by molar-refractivity contribution is 7.25. The number of rotatable bonds is 13. The lowest BCUT2D eigenvalue weighted by Crippen LogP contribution is -2.55. The van der Waals surface area contributed by atoms with Crippen LogP contribution < -0.4 is 9.80 Å². The van der Waals surface area contributed by atoms with Crippen LogP contribution in [0.2, 0.25) is 0 Å². The van der Waals surface area contributed by atoms with Gasteiger partial charge < -0.3 is 14.2 Å². The fraction of sp³-hybridized carbons (Fsp3) is 0.164. The minimum atomic E-state index is 0.192. The summed E-state index contributed by atoms with van der Waals surface area (Å²) in [6.07, 6.45) is 14.3. The molecule has 8 fully saturated rings. The van der Waals surface area contributed by atoms with Gasteiger partial charge >= 0.3 is 0 Å². The Hall–Kier alpha value is -13.6. The van der Waals surface area contributed by atoms with Crippen LogP contribution in [0.25, 0.3) is 142 Å². The van der Waals surface area contributed by atoms with E-state index in [9.17, 15) is 0 Å². The molecule has 0 radical (unpaired) electrons. The van der Waals surface area contributed by atoms with Crippen LogP contribution in [-0.4, -0.2) is 0 Å². The zero-order chi connectivity index (χ0) is 82.7. The molecule has 0 unspecified atom stereocenters. The number of thiophene rings is 1.